The van der Waals surface area contributed by atoms with Crippen LogP contribution >= 0.6 is 0 Å². The maximum absolute atomic E-state index is 4.35. The van der Waals surface area contributed by atoms with Gasteiger partial charge in [-0.25, -0.2) is 9.97 Å². The summed E-state index contributed by atoms with van der Waals surface area (Å²) in [5.74, 6) is 0.746. The average molecular weight is 206 g/mol. The van der Waals surface area contributed by atoms with Crippen molar-refractivity contribution in [3.8, 4) is 0 Å². The molecule has 1 aromatic rings. The van der Waals surface area contributed by atoms with Gasteiger partial charge in [-0.05, 0) is 39.3 Å². The molecule has 0 saturated carbocycles. The third kappa shape index (κ3) is 2.65. The summed E-state index contributed by atoms with van der Waals surface area (Å²) in [7, 11) is 0. The molecule has 15 heavy (non-hydrogen) atoms. The van der Waals surface area contributed by atoms with E-state index < -0.39 is 0 Å². The van der Waals surface area contributed by atoms with E-state index >= 15 is 0 Å². The molecule has 0 aliphatic carbocycles. The lowest BCUT2D eigenvalue weighted by molar-refractivity contribution is 0.388. The molecule has 2 unspecified atom stereocenters. The van der Waals surface area contributed by atoms with Crippen LogP contribution in [0.4, 0.5) is 5.95 Å². The second-order valence-corrected chi connectivity index (χ2v) is 4.16. The van der Waals surface area contributed by atoms with Crippen molar-refractivity contribution in [2.45, 2.75) is 38.8 Å². The van der Waals surface area contributed by atoms with Gasteiger partial charge >= 0.3 is 0 Å². The maximum Gasteiger partial charge on any atom is 0.223 e. The number of rotatable bonds is 2. The minimum atomic E-state index is 0.445. The van der Waals surface area contributed by atoms with Crippen molar-refractivity contribution < 1.29 is 0 Å². The Bertz CT molecular complexity index is 326. The molecule has 82 valence electrons. The van der Waals surface area contributed by atoms with E-state index in [1.165, 1.54) is 12.8 Å². The summed E-state index contributed by atoms with van der Waals surface area (Å²) >= 11 is 0. The minimum absolute atomic E-state index is 0.445. The number of hydrogen-bond donors (Lipinski definition) is 2. The Hall–Kier alpha value is -1.16. The Morgan fingerprint density at radius 3 is 3.13 bits per heavy atom. The van der Waals surface area contributed by atoms with E-state index in [4.69, 9.17) is 0 Å². The third-order valence-electron chi connectivity index (χ3n) is 2.87. The van der Waals surface area contributed by atoms with Gasteiger partial charge in [-0.2, -0.15) is 0 Å². The molecule has 2 atom stereocenters. The molecule has 0 spiro atoms. The van der Waals surface area contributed by atoms with E-state index in [9.17, 15) is 0 Å². The van der Waals surface area contributed by atoms with Crippen LogP contribution in [0.1, 0.15) is 25.5 Å². The van der Waals surface area contributed by atoms with Crippen molar-refractivity contribution in [2.24, 2.45) is 0 Å². The van der Waals surface area contributed by atoms with Gasteiger partial charge in [-0.1, -0.05) is 0 Å². The summed E-state index contributed by atoms with van der Waals surface area (Å²) in [6.45, 7) is 5.30. The lowest BCUT2D eigenvalue weighted by atomic mass is 10.0. The Kier molecular flexibility index (Phi) is 3.16. The van der Waals surface area contributed by atoms with Crippen LogP contribution in [-0.4, -0.2) is 28.6 Å². The van der Waals surface area contributed by atoms with Gasteiger partial charge in [0.05, 0.1) is 0 Å². The zero-order chi connectivity index (χ0) is 10.7. The number of nitrogens with one attached hydrogen (secondary N) is 2. The molecule has 1 fully saturated rings. The minimum Gasteiger partial charge on any atom is -0.350 e. The van der Waals surface area contributed by atoms with Gasteiger partial charge in [0.1, 0.15) is 0 Å². The SMILES string of the molecule is Cc1ccnc(NC2CCCNC2C)n1. The number of aromatic nitrogens is 2. The molecule has 2 N–H and O–H groups in total. The van der Waals surface area contributed by atoms with Crippen molar-refractivity contribution in [1.29, 1.82) is 0 Å². The Morgan fingerprint density at radius 2 is 2.40 bits per heavy atom. The van der Waals surface area contributed by atoms with Gasteiger partial charge in [-0.3, -0.25) is 0 Å². The van der Waals surface area contributed by atoms with Crippen molar-refractivity contribution in [3.63, 3.8) is 0 Å². The van der Waals surface area contributed by atoms with Gasteiger partial charge < -0.3 is 10.6 Å². The monoisotopic (exact) mass is 206 g/mol. The molecule has 0 amide bonds. The smallest absolute Gasteiger partial charge is 0.223 e. The van der Waals surface area contributed by atoms with Gasteiger partial charge in [0.25, 0.3) is 0 Å². The number of hydrogen-bond acceptors (Lipinski definition) is 4. The molecular weight excluding hydrogens is 188 g/mol. The van der Waals surface area contributed by atoms with E-state index in [-0.39, 0.29) is 0 Å². The van der Waals surface area contributed by atoms with Gasteiger partial charge in [0.2, 0.25) is 5.95 Å². The van der Waals surface area contributed by atoms with Crippen molar-refractivity contribution in [1.82, 2.24) is 15.3 Å². The molecule has 1 saturated heterocycles. The van der Waals surface area contributed by atoms with Crippen molar-refractivity contribution in [3.05, 3.63) is 18.0 Å². The van der Waals surface area contributed by atoms with Crippen LogP contribution in [0.15, 0.2) is 12.3 Å². The fourth-order valence-electron chi connectivity index (χ4n) is 1.93. The molecule has 0 radical (unpaired) electrons. The number of aryl methyl sites for hydroxylation is 1. The predicted octanol–water partition coefficient (Wildman–Crippen LogP) is 1.34. The first kappa shape index (κ1) is 10.4. The fraction of sp³-hybridized carbons (Fsp3) is 0.636. The van der Waals surface area contributed by atoms with Crippen LogP contribution in [-0.2, 0) is 0 Å². The first-order chi connectivity index (χ1) is 7.25. The van der Waals surface area contributed by atoms with Crippen LogP contribution in [0, 0.1) is 6.92 Å². The van der Waals surface area contributed by atoms with E-state index in [1.54, 1.807) is 6.20 Å². The first-order valence-electron chi connectivity index (χ1n) is 5.55. The van der Waals surface area contributed by atoms with Gasteiger partial charge in [-0.15, -0.1) is 0 Å². The molecule has 1 aliphatic rings. The zero-order valence-corrected chi connectivity index (χ0v) is 9.33. The van der Waals surface area contributed by atoms with Crippen LogP contribution in [0.3, 0.4) is 0 Å². The van der Waals surface area contributed by atoms with E-state index in [2.05, 4.69) is 27.5 Å². The Balaban J connectivity index is 2.01. The van der Waals surface area contributed by atoms with Gasteiger partial charge in [0, 0.05) is 24.0 Å². The van der Waals surface area contributed by atoms with Crippen LogP contribution in [0.25, 0.3) is 0 Å². The van der Waals surface area contributed by atoms with E-state index in [0.29, 0.717) is 12.1 Å². The quantitative estimate of drug-likeness (QED) is 0.766. The highest BCUT2D eigenvalue weighted by Crippen LogP contribution is 2.12. The standard InChI is InChI=1S/C11H18N4/c1-8-5-7-13-11(14-8)15-10-4-3-6-12-9(10)2/h5,7,9-10,12H,3-4,6H2,1-2H3,(H,13,14,15). The molecule has 2 heterocycles. The predicted molar refractivity (Wildman–Crippen MR) is 60.9 cm³/mol. The molecule has 2 rings (SSSR count). The van der Waals surface area contributed by atoms with Crippen LogP contribution in [0.2, 0.25) is 0 Å². The number of anilines is 1. The van der Waals surface area contributed by atoms with Gasteiger partial charge in [0.15, 0.2) is 0 Å². The highest BCUT2D eigenvalue weighted by molar-refractivity contribution is 5.27. The highest BCUT2D eigenvalue weighted by Gasteiger charge is 2.20. The second kappa shape index (κ2) is 4.57. The topological polar surface area (TPSA) is 49.8 Å². The molecule has 1 aromatic heterocycles. The Morgan fingerprint density at radius 1 is 1.53 bits per heavy atom. The Labute approximate surface area is 90.5 Å². The summed E-state index contributed by atoms with van der Waals surface area (Å²) in [5, 5.41) is 6.84. The summed E-state index contributed by atoms with van der Waals surface area (Å²) in [6.07, 6.45) is 4.20. The normalized spacial score (nSPS) is 26.3. The zero-order valence-electron chi connectivity index (χ0n) is 9.33. The third-order valence-corrected chi connectivity index (χ3v) is 2.87. The first-order valence-corrected chi connectivity index (χ1v) is 5.55. The fourth-order valence-corrected chi connectivity index (χ4v) is 1.93. The largest absolute Gasteiger partial charge is 0.350 e. The summed E-state index contributed by atoms with van der Waals surface area (Å²) in [6, 6.07) is 2.84. The van der Waals surface area contributed by atoms with Crippen LogP contribution < -0.4 is 10.6 Å². The summed E-state index contributed by atoms with van der Waals surface area (Å²) in [4.78, 5) is 8.57. The van der Waals surface area contributed by atoms with Crippen molar-refractivity contribution in [2.75, 3.05) is 11.9 Å². The average Bonchev–Trinajstić information content (AvgIpc) is 2.22. The molecule has 4 nitrogen and oxygen atoms in total. The summed E-state index contributed by atoms with van der Waals surface area (Å²) < 4.78 is 0. The number of nitrogens with zero attached hydrogens (tertiary/aromatic N) is 2. The molecule has 1 aliphatic heterocycles. The highest BCUT2D eigenvalue weighted by atomic mass is 15.1. The molecular formula is C11H18N4. The van der Waals surface area contributed by atoms with E-state index in [1.807, 2.05) is 13.0 Å². The lowest BCUT2D eigenvalue weighted by Gasteiger charge is -2.30. The van der Waals surface area contributed by atoms with Crippen molar-refractivity contribution >= 4 is 5.95 Å². The second-order valence-electron chi connectivity index (χ2n) is 4.16. The van der Waals surface area contributed by atoms with Crippen LogP contribution in [0.5, 0.6) is 0 Å². The number of piperidine rings is 1. The molecule has 4 heteroatoms. The maximum atomic E-state index is 4.35. The lowest BCUT2D eigenvalue weighted by Crippen LogP contribution is -2.46. The molecule has 0 aromatic carbocycles. The van der Waals surface area contributed by atoms with E-state index in [0.717, 1.165) is 18.2 Å². The molecule has 0 bridgehead atoms. The summed E-state index contributed by atoms with van der Waals surface area (Å²) in [5.41, 5.74) is 1.00.